The molecule has 100 valence electrons. The van der Waals surface area contributed by atoms with E-state index in [4.69, 9.17) is 10.5 Å². The molecule has 1 aromatic rings. The van der Waals surface area contributed by atoms with E-state index in [9.17, 15) is 0 Å². The van der Waals surface area contributed by atoms with Gasteiger partial charge in [-0.3, -0.25) is 4.98 Å². The number of hydrogen-bond donors (Lipinski definition) is 1. The first-order valence-electron chi connectivity index (χ1n) is 6.82. The van der Waals surface area contributed by atoms with Gasteiger partial charge in [0.1, 0.15) is 5.75 Å². The third-order valence-corrected chi connectivity index (χ3v) is 4.09. The highest BCUT2D eigenvalue weighted by molar-refractivity contribution is 5.29. The Morgan fingerprint density at radius 2 is 1.89 bits per heavy atom. The molecule has 3 heteroatoms. The predicted molar refractivity (Wildman–Crippen MR) is 73.5 cm³/mol. The first-order chi connectivity index (χ1) is 8.45. The van der Waals surface area contributed by atoms with Gasteiger partial charge in [-0.1, -0.05) is 13.8 Å². The molecular formula is C15H24N2O. The van der Waals surface area contributed by atoms with Crippen LogP contribution in [0.15, 0.2) is 18.5 Å². The molecule has 0 saturated heterocycles. The zero-order valence-corrected chi connectivity index (χ0v) is 11.7. The lowest BCUT2D eigenvalue weighted by Crippen LogP contribution is -2.42. The molecule has 0 unspecified atom stereocenters. The molecule has 3 nitrogen and oxygen atoms in total. The highest BCUT2D eigenvalue weighted by Gasteiger charge is 2.36. The van der Waals surface area contributed by atoms with E-state index >= 15 is 0 Å². The van der Waals surface area contributed by atoms with Gasteiger partial charge in [-0.05, 0) is 49.7 Å². The van der Waals surface area contributed by atoms with Gasteiger partial charge in [0, 0.05) is 11.7 Å². The summed E-state index contributed by atoms with van der Waals surface area (Å²) in [4.78, 5) is 4.25. The van der Waals surface area contributed by atoms with Crippen LogP contribution in [0.25, 0.3) is 0 Å². The summed E-state index contributed by atoms with van der Waals surface area (Å²) in [5, 5.41) is 0. The Morgan fingerprint density at radius 3 is 2.50 bits per heavy atom. The van der Waals surface area contributed by atoms with Crippen LogP contribution >= 0.6 is 0 Å². The summed E-state index contributed by atoms with van der Waals surface area (Å²) < 4.78 is 5.51. The standard InChI is InChI=1S/C15H24N2O/c1-4-18-13-9-12(10-17-11-13)15(16)7-5-14(2,3)6-8-15/h9-11H,4-8,16H2,1-3H3. The highest BCUT2D eigenvalue weighted by atomic mass is 16.5. The molecule has 0 amide bonds. The Balaban J connectivity index is 2.17. The van der Waals surface area contributed by atoms with E-state index in [1.54, 1.807) is 6.20 Å². The van der Waals surface area contributed by atoms with E-state index in [1.165, 1.54) is 12.8 Å². The molecule has 1 aliphatic carbocycles. The largest absolute Gasteiger partial charge is 0.492 e. The van der Waals surface area contributed by atoms with Crippen molar-refractivity contribution in [2.24, 2.45) is 11.1 Å². The van der Waals surface area contributed by atoms with Crippen LogP contribution in [-0.2, 0) is 5.54 Å². The van der Waals surface area contributed by atoms with Gasteiger partial charge in [0.25, 0.3) is 0 Å². The minimum absolute atomic E-state index is 0.227. The van der Waals surface area contributed by atoms with Crippen molar-refractivity contribution >= 4 is 0 Å². The molecule has 0 bridgehead atoms. The van der Waals surface area contributed by atoms with Gasteiger partial charge in [-0.15, -0.1) is 0 Å². The van der Waals surface area contributed by atoms with Gasteiger partial charge >= 0.3 is 0 Å². The lowest BCUT2D eigenvalue weighted by molar-refractivity contribution is 0.165. The van der Waals surface area contributed by atoms with Crippen LogP contribution in [0, 0.1) is 5.41 Å². The Kier molecular flexibility index (Phi) is 3.62. The van der Waals surface area contributed by atoms with Crippen LogP contribution in [0.4, 0.5) is 0 Å². The maximum absolute atomic E-state index is 6.57. The van der Waals surface area contributed by atoms with E-state index in [2.05, 4.69) is 24.9 Å². The van der Waals surface area contributed by atoms with Gasteiger partial charge in [0.15, 0.2) is 0 Å². The van der Waals surface area contributed by atoms with Gasteiger partial charge in [-0.25, -0.2) is 0 Å². The Hall–Kier alpha value is -1.09. The topological polar surface area (TPSA) is 48.1 Å². The Morgan fingerprint density at radius 1 is 1.22 bits per heavy atom. The molecule has 1 aromatic heterocycles. The normalized spacial score (nSPS) is 21.6. The van der Waals surface area contributed by atoms with E-state index < -0.39 is 0 Å². The van der Waals surface area contributed by atoms with Crippen LogP contribution in [0.2, 0.25) is 0 Å². The predicted octanol–water partition coefficient (Wildman–Crippen LogP) is 3.23. The molecule has 1 saturated carbocycles. The Bertz CT molecular complexity index is 405. The van der Waals surface area contributed by atoms with Crippen molar-refractivity contribution in [2.45, 2.75) is 52.0 Å². The third kappa shape index (κ3) is 2.83. The molecular weight excluding hydrogens is 224 g/mol. The third-order valence-electron chi connectivity index (χ3n) is 4.09. The second-order valence-electron chi connectivity index (χ2n) is 6.16. The molecule has 18 heavy (non-hydrogen) atoms. The SMILES string of the molecule is CCOc1cncc(C2(N)CCC(C)(C)CC2)c1. The highest BCUT2D eigenvalue weighted by Crippen LogP contribution is 2.43. The molecule has 1 aliphatic rings. The van der Waals surface area contributed by atoms with Gasteiger partial charge in [0.05, 0.1) is 12.8 Å². The van der Waals surface area contributed by atoms with Crippen molar-refractivity contribution < 1.29 is 4.74 Å². The maximum Gasteiger partial charge on any atom is 0.137 e. The van der Waals surface area contributed by atoms with Crippen molar-refractivity contribution in [3.05, 3.63) is 24.0 Å². The van der Waals surface area contributed by atoms with Gasteiger partial charge in [0.2, 0.25) is 0 Å². The van der Waals surface area contributed by atoms with Crippen molar-refractivity contribution in [3.8, 4) is 5.75 Å². The number of rotatable bonds is 3. The van der Waals surface area contributed by atoms with Crippen LogP contribution < -0.4 is 10.5 Å². The summed E-state index contributed by atoms with van der Waals surface area (Å²) in [6, 6.07) is 2.05. The average molecular weight is 248 g/mol. The molecule has 0 aliphatic heterocycles. The minimum atomic E-state index is -0.227. The average Bonchev–Trinajstić information content (AvgIpc) is 2.34. The fraction of sp³-hybridized carbons (Fsp3) is 0.667. The lowest BCUT2D eigenvalue weighted by Gasteiger charge is -2.41. The number of pyridine rings is 1. The first-order valence-corrected chi connectivity index (χ1v) is 6.82. The smallest absolute Gasteiger partial charge is 0.137 e. The van der Waals surface area contributed by atoms with Crippen molar-refractivity contribution in [2.75, 3.05) is 6.61 Å². The van der Waals surface area contributed by atoms with Crippen LogP contribution in [0.5, 0.6) is 5.75 Å². The summed E-state index contributed by atoms with van der Waals surface area (Å²) in [7, 11) is 0. The van der Waals surface area contributed by atoms with Crippen molar-refractivity contribution in [1.29, 1.82) is 0 Å². The molecule has 0 atom stereocenters. The van der Waals surface area contributed by atoms with Crippen LogP contribution in [0.3, 0.4) is 0 Å². The fourth-order valence-corrected chi connectivity index (χ4v) is 2.60. The van der Waals surface area contributed by atoms with E-state index in [-0.39, 0.29) is 5.54 Å². The maximum atomic E-state index is 6.57. The monoisotopic (exact) mass is 248 g/mol. The van der Waals surface area contributed by atoms with Crippen molar-refractivity contribution in [3.63, 3.8) is 0 Å². The number of nitrogens with zero attached hydrogens (tertiary/aromatic N) is 1. The second-order valence-corrected chi connectivity index (χ2v) is 6.16. The molecule has 2 rings (SSSR count). The first kappa shape index (κ1) is 13.3. The number of nitrogens with two attached hydrogens (primary N) is 1. The van der Waals surface area contributed by atoms with E-state index in [0.29, 0.717) is 12.0 Å². The molecule has 1 fully saturated rings. The summed E-state index contributed by atoms with van der Waals surface area (Å²) >= 11 is 0. The molecule has 0 aromatic carbocycles. The minimum Gasteiger partial charge on any atom is -0.492 e. The van der Waals surface area contributed by atoms with Gasteiger partial charge < -0.3 is 10.5 Å². The Labute approximate surface area is 110 Å². The molecule has 0 spiro atoms. The number of hydrogen-bond acceptors (Lipinski definition) is 3. The summed E-state index contributed by atoms with van der Waals surface area (Å²) in [5.41, 5.74) is 7.88. The zero-order valence-electron chi connectivity index (χ0n) is 11.7. The van der Waals surface area contributed by atoms with Crippen LogP contribution in [-0.4, -0.2) is 11.6 Å². The summed E-state index contributed by atoms with van der Waals surface area (Å²) in [6.45, 7) is 7.28. The molecule has 0 radical (unpaired) electrons. The molecule has 1 heterocycles. The zero-order chi connectivity index (χ0) is 13.2. The lowest BCUT2D eigenvalue weighted by atomic mass is 9.68. The van der Waals surface area contributed by atoms with Gasteiger partial charge in [-0.2, -0.15) is 0 Å². The molecule has 2 N–H and O–H groups in total. The summed E-state index contributed by atoms with van der Waals surface area (Å²) in [6.07, 6.45) is 8.03. The van der Waals surface area contributed by atoms with E-state index in [0.717, 1.165) is 24.2 Å². The quantitative estimate of drug-likeness (QED) is 0.893. The van der Waals surface area contributed by atoms with E-state index in [1.807, 2.05) is 13.1 Å². The number of aromatic nitrogens is 1. The summed E-state index contributed by atoms with van der Waals surface area (Å²) in [5.74, 6) is 0.824. The fourth-order valence-electron chi connectivity index (χ4n) is 2.60. The number of ether oxygens (including phenoxy) is 1. The second kappa shape index (κ2) is 4.88. The van der Waals surface area contributed by atoms with Crippen LogP contribution in [0.1, 0.15) is 52.0 Å². The van der Waals surface area contributed by atoms with Crippen molar-refractivity contribution in [1.82, 2.24) is 4.98 Å².